The summed E-state index contributed by atoms with van der Waals surface area (Å²) in [5.41, 5.74) is 1.18. The fraction of sp³-hybridized carbons (Fsp3) is 0.0909. The maximum Gasteiger partial charge on any atom is 0.349 e. The Balaban J connectivity index is 1.81. The van der Waals surface area contributed by atoms with Crippen LogP contribution in [0.1, 0.15) is 21.9 Å². The molecule has 2 aromatic heterocycles. The first-order chi connectivity index (χ1) is 15.9. The molecule has 4 aromatic rings. The summed E-state index contributed by atoms with van der Waals surface area (Å²) in [6.45, 7) is -0.101. The largest absolute Gasteiger partial charge is 0.392 e. The zero-order chi connectivity index (χ0) is 23.5. The monoisotopic (exact) mass is 520 g/mol. The van der Waals surface area contributed by atoms with E-state index < -0.39 is 11.2 Å². The van der Waals surface area contributed by atoms with Gasteiger partial charge in [0.2, 0.25) is 0 Å². The third-order valence-corrected chi connectivity index (χ3v) is 6.78. The fourth-order valence-electron chi connectivity index (χ4n) is 3.11. The second-order valence-electron chi connectivity index (χ2n) is 6.89. The van der Waals surface area contributed by atoms with Gasteiger partial charge in [0.1, 0.15) is 6.20 Å². The average molecular weight is 522 g/mol. The summed E-state index contributed by atoms with van der Waals surface area (Å²) in [5, 5.41) is 14.7. The number of aromatic amines is 1. The fourth-order valence-corrected chi connectivity index (χ4v) is 5.22. The number of nitrogens with zero attached hydrogens (tertiary/aromatic N) is 3. The molecule has 11 heteroatoms. The molecule has 0 spiro atoms. The minimum atomic E-state index is -0.709. The Kier molecular flexibility index (Phi) is 7.21. The number of rotatable bonds is 6. The van der Waals surface area contributed by atoms with Gasteiger partial charge in [0.15, 0.2) is 0 Å². The van der Waals surface area contributed by atoms with Gasteiger partial charge in [-0.25, -0.2) is 9.78 Å². The second kappa shape index (κ2) is 10.1. The van der Waals surface area contributed by atoms with Crippen molar-refractivity contribution in [2.24, 2.45) is 0 Å². The Hall–Kier alpha value is -2.62. The van der Waals surface area contributed by atoms with E-state index in [-0.39, 0.29) is 11.9 Å². The zero-order valence-corrected chi connectivity index (χ0v) is 19.8. The predicted octanol–water partition coefficient (Wildman–Crippen LogP) is 4.65. The van der Waals surface area contributed by atoms with Crippen molar-refractivity contribution in [2.75, 3.05) is 0 Å². The smallest absolute Gasteiger partial charge is 0.349 e. The van der Waals surface area contributed by atoms with Gasteiger partial charge in [0, 0.05) is 26.8 Å². The lowest BCUT2D eigenvalue weighted by Crippen LogP contribution is -2.30. The van der Waals surface area contributed by atoms with E-state index in [4.69, 9.17) is 34.8 Å². The molecule has 2 heterocycles. The molecule has 0 aliphatic carbocycles. The van der Waals surface area contributed by atoms with E-state index >= 15 is 0 Å². The Labute approximate surface area is 207 Å². The van der Waals surface area contributed by atoms with Gasteiger partial charge in [-0.05, 0) is 41.5 Å². The average Bonchev–Trinajstić information content (AvgIpc) is 2.79. The maximum absolute atomic E-state index is 12.1. The van der Waals surface area contributed by atoms with Crippen LogP contribution < -0.4 is 11.2 Å². The highest BCUT2D eigenvalue weighted by molar-refractivity contribution is 7.99. The molecule has 0 saturated carbocycles. The summed E-state index contributed by atoms with van der Waals surface area (Å²) in [4.78, 5) is 30.0. The van der Waals surface area contributed by atoms with Gasteiger partial charge in [-0.1, -0.05) is 64.8 Å². The van der Waals surface area contributed by atoms with E-state index in [1.165, 1.54) is 11.8 Å². The lowest BCUT2D eigenvalue weighted by molar-refractivity contribution is 0.281. The molecular weight excluding hydrogens is 507 g/mol. The van der Waals surface area contributed by atoms with Gasteiger partial charge in [-0.15, -0.1) is 0 Å². The van der Waals surface area contributed by atoms with Crippen molar-refractivity contribution >= 4 is 46.6 Å². The van der Waals surface area contributed by atoms with Crippen LogP contribution in [0.5, 0.6) is 0 Å². The topological polar surface area (TPSA) is 101 Å². The van der Waals surface area contributed by atoms with Crippen LogP contribution in [0, 0.1) is 0 Å². The molecule has 2 N–H and O–H groups in total. The Bertz CT molecular complexity index is 1380. The van der Waals surface area contributed by atoms with E-state index in [1.54, 1.807) is 42.6 Å². The number of thioether (sulfide) groups is 1. The van der Waals surface area contributed by atoms with Crippen molar-refractivity contribution in [1.29, 1.82) is 0 Å². The van der Waals surface area contributed by atoms with Gasteiger partial charge in [0.25, 0.3) is 5.56 Å². The summed E-state index contributed by atoms with van der Waals surface area (Å²) >= 11 is 20.8. The molecule has 0 aliphatic rings. The molecule has 0 aliphatic heterocycles. The van der Waals surface area contributed by atoms with Crippen LogP contribution in [0.2, 0.25) is 15.1 Å². The van der Waals surface area contributed by atoms with E-state index in [0.717, 1.165) is 16.4 Å². The van der Waals surface area contributed by atoms with E-state index in [9.17, 15) is 14.7 Å². The minimum Gasteiger partial charge on any atom is -0.392 e. The molecule has 7 nitrogen and oxygen atoms in total. The summed E-state index contributed by atoms with van der Waals surface area (Å²) in [7, 11) is 0. The highest BCUT2D eigenvalue weighted by Gasteiger charge is 2.24. The van der Waals surface area contributed by atoms with Gasteiger partial charge < -0.3 is 5.11 Å². The number of nitrogens with one attached hydrogen (secondary N) is 1. The molecule has 1 atom stereocenters. The Morgan fingerprint density at radius 1 is 1.00 bits per heavy atom. The molecule has 0 bridgehead atoms. The molecule has 1 unspecified atom stereocenters. The van der Waals surface area contributed by atoms with Crippen molar-refractivity contribution in [3.8, 4) is 5.69 Å². The number of aliphatic hydroxyl groups excluding tert-OH is 1. The first kappa shape index (κ1) is 23.5. The highest BCUT2D eigenvalue weighted by Crippen LogP contribution is 2.46. The molecule has 33 heavy (non-hydrogen) atoms. The Morgan fingerprint density at radius 2 is 1.70 bits per heavy atom. The van der Waals surface area contributed by atoms with E-state index in [2.05, 4.69) is 15.1 Å². The quantitative estimate of drug-likeness (QED) is 0.358. The highest BCUT2D eigenvalue weighted by atomic mass is 35.5. The summed E-state index contributed by atoms with van der Waals surface area (Å²) in [6, 6.07) is 14.0. The minimum absolute atomic E-state index is 0.101. The number of H-pyrrole nitrogens is 1. The third-order valence-electron chi connectivity index (χ3n) is 4.68. The summed E-state index contributed by atoms with van der Waals surface area (Å²) in [5.74, 6) is 0. The van der Waals surface area contributed by atoms with Crippen LogP contribution in [0.4, 0.5) is 0 Å². The lowest BCUT2D eigenvalue weighted by atomic mass is 10.0. The number of halogens is 3. The van der Waals surface area contributed by atoms with Crippen molar-refractivity contribution in [1.82, 2.24) is 19.7 Å². The molecule has 168 valence electrons. The Morgan fingerprint density at radius 3 is 2.27 bits per heavy atom. The predicted molar refractivity (Wildman–Crippen MR) is 130 cm³/mol. The molecule has 2 aromatic carbocycles. The van der Waals surface area contributed by atoms with Crippen molar-refractivity contribution < 1.29 is 5.11 Å². The van der Waals surface area contributed by atoms with Gasteiger partial charge in [0.05, 0.1) is 22.6 Å². The maximum atomic E-state index is 12.1. The first-order valence-corrected chi connectivity index (χ1v) is 11.5. The number of hydrogen-bond donors (Lipinski definition) is 2. The van der Waals surface area contributed by atoms with Crippen molar-refractivity contribution in [3.05, 3.63) is 114 Å². The molecular formula is C22H15Cl3N4O3S. The van der Waals surface area contributed by atoms with Crippen molar-refractivity contribution in [2.45, 2.75) is 16.9 Å². The van der Waals surface area contributed by atoms with E-state index in [0.29, 0.717) is 36.9 Å². The zero-order valence-electron chi connectivity index (χ0n) is 16.7. The molecule has 0 radical (unpaired) electrons. The summed E-state index contributed by atoms with van der Waals surface area (Å²) in [6.07, 6.45) is 2.59. The number of aromatic nitrogens is 4. The van der Waals surface area contributed by atoms with Gasteiger partial charge in [-0.3, -0.25) is 9.78 Å². The van der Waals surface area contributed by atoms with E-state index in [1.807, 2.05) is 12.1 Å². The lowest BCUT2D eigenvalue weighted by Gasteiger charge is -2.21. The number of benzene rings is 2. The molecule has 0 saturated heterocycles. The molecule has 0 amide bonds. The second-order valence-corrected chi connectivity index (χ2v) is 9.26. The van der Waals surface area contributed by atoms with Crippen LogP contribution in [-0.2, 0) is 6.61 Å². The number of pyridine rings is 1. The van der Waals surface area contributed by atoms with Crippen LogP contribution >= 0.6 is 46.6 Å². The van der Waals surface area contributed by atoms with Gasteiger partial charge >= 0.3 is 5.69 Å². The van der Waals surface area contributed by atoms with Gasteiger partial charge in [-0.2, -0.15) is 9.78 Å². The summed E-state index contributed by atoms with van der Waals surface area (Å²) < 4.78 is 1.00. The SMILES string of the molecule is O=c1cnn(-c2cc(Cl)c(C(Sc3ccc(CO)cn3)c3ccc(Cl)cc3)c(Cl)c2)c(=O)[nH]1. The van der Waals surface area contributed by atoms with Crippen LogP contribution in [0.15, 0.2) is 75.5 Å². The van der Waals surface area contributed by atoms with Crippen molar-refractivity contribution in [3.63, 3.8) is 0 Å². The number of aliphatic hydroxyl groups is 1. The van der Waals surface area contributed by atoms with Crippen LogP contribution in [-0.4, -0.2) is 24.9 Å². The molecule has 4 rings (SSSR count). The first-order valence-electron chi connectivity index (χ1n) is 9.51. The van der Waals surface area contributed by atoms with Crippen LogP contribution in [0.3, 0.4) is 0 Å². The normalized spacial score (nSPS) is 12.0. The molecule has 0 fully saturated rings. The number of hydrogen-bond acceptors (Lipinski definition) is 6. The standard InChI is InChI=1S/C22H15Cl3N4O3S/c23-14-4-2-13(3-5-14)21(33-19-6-1-12(11-30)9-26-19)20-16(24)7-15(8-17(20)25)29-22(32)28-18(31)10-27-29/h1-10,21,30H,11H2,(H,28,31,32). The third kappa shape index (κ3) is 5.31. The van der Waals surface area contributed by atoms with Crippen LogP contribution in [0.25, 0.3) is 5.69 Å².